The van der Waals surface area contributed by atoms with E-state index in [4.69, 9.17) is 17.3 Å². The zero-order chi connectivity index (χ0) is 16.0. The molecule has 0 radical (unpaired) electrons. The smallest absolute Gasteiger partial charge is 0.325 e. The summed E-state index contributed by atoms with van der Waals surface area (Å²) in [6.45, 7) is -0.814. The Kier molecular flexibility index (Phi) is 5.98. The maximum Gasteiger partial charge on any atom is 0.325 e. The number of hydrogen-bond donors (Lipinski definition) is 1. The zero-order valence-corrected chi connectivity index (χ0v) is 12.3. The molecular formula is C13H15ClN2O5. The highest BCUT2D eigenvalue weighted by Crippen LogP contribution is 2.24. The van der Waals surface area contributed by atoms with E-state index in [-0.39, 0.29) is 16.3 Å². The molecule has 0 bridgehead atoms. The Labute approximate surface area is 126 Å². The number of ether oxygens (including phenoxy) is 2. The minimum atomic E-state index is -0.674. The van der Waals surface area contributed by atoms with Crippen LogP contribution >= 0.6 is 11.6 Å². The molecule has 1 amide bonds. The van der Waals surface area contributed by atoms with Crippen molar-refractivity contribution in [2.24, 2.45) is 0 Å². The molecule has 1 rings (SSSR count). The molecule has 0 saturated carbocycles. The number of carbonyl (C=O) groups excluding carboxylic acids is 3. The number of amides is 1. The van der Waals surface area contributed by atoms with Gasteiger partial charge in [0.25, 0.3) is 5.91 Å². The SMILES string of the molecule is COC(=O)CN(CC(=O)OC)C(=O)c1cccc(N)c1Cl. The van der Waals surface area contributed by atoms with Gasteiger partial charge in [-0.1, -0.05) is 17.7 Å². The van der Waals surface area contributed by atoms with E-state index in [1.165, 1.54) is 26.4 Å². The number of hydrogen-bond acceptors (Lipinski definition) is 6. The van der Waals surface area contributed by atoms with Crippen molar-refractivity contribution in [1.29, 1.82) is 0 Å². The lowest BCUT2D eigenvalue weighted by atomic mass is 10.1. The largest absolute Gasteiger partial charge is 0.468 e. The molecule has 8 heteroatoms. The van der Waals surface area contributed by atoms with Crippen LogP contribution in [-0.2, 0) is 19.1 Å². The van der Waals surface area contributed by atoms with Crippen LogP contribution in [0.25, 0.3) is 0 Å². The van der Waals surface area contributed by atoms with Gasteiger partial charge >= 0.3 is 11.9 Å². The van der Waals surface area contributed by atoms with Gasteiger partial charge in [0.2, 0.25) is 0 Å². The second kappa shape index (κ2) is 7.49. The fourth-order valence-electron chi connectivity index (χ4n) is 1.53. The summed E-state index contributed by atoms with van der Waals surface area (Å²) in [5, 5.41) is 0.0576. The van der Waals surface area contributed by atoms with Gasteiger partial charge in [-0.3, -0.25) is 14.4 Å². The van der Waals surface area contributed by atoms with Crippen LogP contribution < -0.4 is 5.73 Å². The number of anilines is 1. The van der Waals surface area contributed by atoms with Crippen LogP contribution in [0.5, 0.6) is 0 Å². The van der Waals surface area contributed by atoms with Gasteiger partial charge in [-0.05, 0) is 12.1 Å². The van der Waals surface area contributed by atoms with Gasteiger partial charge in [-0.2, -0.15) is 0 Å². The van der Waals surface area contributed by atoms with E-state index in [1.807, 2.05) is 0 Å². The molecule has 0 fully saturated rings. The first-order valence-corrected chi connectivity index (χ1v) is 6.25. The van der Waals surface area contributed by atoms with Crippen LogP contribution in [0.2, 0.25) is 5.02 Å². The Morgan fingerprint density at radius 2 is 1.67 bits per heavy atom. The molecule has 0 aliphatic heterocycles. The summed E-state index contributed by atoms with van der Waals surface area (Å²) in [5.74, 6) is -1.97. The molecule has 0 aromatic heterocycles. The third-order valence-corrected chi connectivity index (χ3v) is 3.06. The Morgan fingerprint density at radius 3 is 2.14 bits per heavy atom. The van der Waals surface area contributed by atoms with Gasteiger partial charge in [0.15, 0.2) is 0 Å². The normalized spacial score (nSPS) is 9.86. The highest BCUT2D eigenvalue weighted by Gasteiger charge is 2.24. The third-order valence-electron chi connectivity index (χ3n) is 2.64. The summed E-state index contributed by atoms with van der Waals surface area (Å²) in [4.78, 5) is 36.1. The molecule has 0 aliphatic carbocycles. The number of esters is 2. The summed E-state index contributed by atoms with van der Waals surface area (Å²) >= 11 is 5.97. The van der Waals surface area contributed by atoms with Crippen LogP contribution in [0.1, 0.15) is 10.4 Å². The minimum Gasteiger partial charge on any atom is -0.468 e. The standard InChI is InChI=1S/C13H15ClN2O5/c1-20-10(17)6-16(7-11(18)21-2)13(19)8-4-3-5-9(15)12(8)14/h3-5H,6-7,15H2,1-2H3. The lowest BCUT2D eigenvalue weighted by molar-refractivity contribution is -0.144. The molecule has 21 heavy (non-hydrogen) atoms. The Morgan fingerprint density at radius 1 is 1.14 bits per heavy atom. The Bertz CT molecular complexity index is 543. The van der Waals surface area contributed by atoms with E-state index in [1.54, 1.807) is 6.07 Å². The molecule has 0 atom stereocenters. The number of rotatable bonds is 5. The second-order valence-electron chi connectivity index (χ2n) is 4.02. The maximum atomic E-state index is 12.4. The quantitative estimate of drug-likeness (QED) is 0.635. The predicted molar refractivity (Wildman–Crippen MR) is 75.8 cm³/mol. The van der Waals surface area contributed by atoms with Gasteiger partial charge in [0, 0.05) is 0 Å². The van der Waals surface area contributed by atoms with Crippen LogP contribution in [0, 0.1) is 0 Å². The van der Waals surface area contributed by atoms with Crippen molar-refractivity contribution in [3.05, 3.63) is 28.8 Å². The number of halogens is 1. The van der Waals surface area contributed by atoms with Crippen LogP contribution in [0.15, 0.2) is 18.2 Å². The molecule has 1 aromatic rings. The summed E-state index contributed by atoms with van der Waals surface area (Å²) in [7, 11) is 2.35. The fraction of sp³-hybridized carbons (Fsp3) is 0.308. The first-order valence-electron chi connectivity index (χ1n) is 5.87. The molecule has 0 saturated heterocycles. The zero-order valence-electron chi connectivity index (χ0n) is 11.6. The van der Waals surface area contributed by atoms with Crippen molar-refractivity contribution in [2.45, 2.75) is 0 Å². The molecule has 114 valence electrons. The Balaban J connectivity index is 3.06. The van der Waals surface area contributed by atoms with Gasteiger partial charge < -0.3 is 20.1 Å². The topological polar surface area (TPSA) is 98.9 Å². The van der Waals surface area contributed by atoms with Gasteiger partial charge in [-0.15, -0.1) is 0 Å². The van der Waals surface area contributed by atoms with Crippen molar-refractivity contribution in [3.63, 3.8) is 0 Å². The average Bonchev–Trinajstić information content (AvgIpc) is 2.48. The molecule has 0 heterocycles. The van der Waals surface area contributed by atoms with E-state index >= 15 is 0 Å². The van der Waals surface area contributed by atoms with Crippen LogP contribution in [0.3, 0.4) is 0 Å². The molecule has 2 N–H and O–H groups in total. The second-order valence-corrected chi connectivity index (χ2v) is 4.40. The molecule has 0 unspecified atom stereocenters. The van der Waals surface area contributed by atoms with Crippen molar-refractivity contribution in [3.8, 4) is 0 Å². The van der Waals surface area contributed by atoms with Crippen molar-refractivity contribution < 1.29 is 23.9 Å². The lowest BCUT2D eigenvalue weighted by Gasteiger charge is -2.21. The Hall–Kier alpha value is -2.28. The number of benzene rings is 1. The highest BCUT2D eigenvalue weighted by molar-refractivity contribution is 6.36. The van der Waals surface area contributed by atoms with Crippen molar-refractivity contribution in [1.82, 2.24) is 4.90 Å². The maximum absolute atomic E-state index is 12.4. The number of nitrogen functional groups attached to an aromatic ring is 1. The predicted octanol–water partition coefficient (Wildman–Crippen LogP) is 0.710. The summed E-state index contributed by atoms with van der Waals surface area (Å²) in [6, 6.07) is 4.52. The van der Waals surface area contributed by atoms with Gasteiger partial charge in [0.05, 0.1) is 30.5 Å². The first kappa shape index (κ1) is 16.8. The van der Waals surface area contributed by atoms with Crippen LogP contribution in [-0.4, -0.2) is 50.1 Å². The van der Waals surface area contributed by atoms with E-state index in [0.717, 1.165) is 4.90 Å². The molecule has 7 nitrogen and oxygen atoms in total. The van der Waals surface area contributed by atoms with Gasteiger partial charge in [-0.25, -0.2) is 0 Å². The number of nitrogens with zero attached hydrogens (tertiary/aromatic N) is 1. The minimum absolute atomic E-state index is 0.0576. The first-order chi connectivity index (χ1) is 9.90. The van der Waals surface area contributed by atoms with E-state index in [2.05, 4.69) is 9.47 Å². The summed E-state index contributed by atoms with van der Waals surface area (Å²) in [5.41, 5.74) is 5.94. The molecular weight excluding hydrogens is 300 g/mol. The molecule has 0 spiro atoms. The van der Waals surface area contributed by atoms with E-state index in [9.17, 15) is 14.4 Å². The van der Waals surface area contributed by atoms with E-state index in [0.29, 0.717) is 0 Å². The fourth-order valence-corrected chi connectivity index (χ4v) is 1.73. The van der Waals surface area contributed by atoms with Crippen LogP contribution in [0.4, 0.5) is 5.69 Å². The van der Waals surface area contributed by atoms with Gasteiger partial charge in [0.1, 0.15) is 13.1 Å². The summed E-state index contributed by atoms with van der Waals surface area (Å²) in [6.07, 6.45) is 0. The highest BCUT2D eigenvalue weighted by atomic mass is 35.5. The monoisotopic (exact) mass is 314 g/mol. The van der Waals surface area contributed by atoms with Crippen molar-refractivity contribution in [2.75, 3.05) is 33.0 Å². The number of methoxy groups -OCH3 is 2. The van der Waals surface area contributed by atoms with Crippen molar-refractivity contribution >= 4 is 35.1 Å². The number of nitrogens with two attached hydrogens (primary N) is 1. The summed E-state index contributed by atoms with van der Waals surface area (Å²) < 4.78 is 8.99. The van der Waals surface area contributed by atoms with E-state index < -0.39 is 30.9 Å². The third kappa shape index (κ3) is 4.35. The number of carbonyl (C=O) groups is 3. The lowest BCUT2D eigenvalue weighted by Crippen LogP contribution is -2.40. The average molecular weight is 315 g/mol. The molecule has 0 aliphatic rings. The molecule has 1 aromatic carbocycles.